The summed E-state index contributed by atoms with van der Waals surface area (Å²) in [7, 11) is 0. The molecule has 0 unspecified atom stereocenters. The molecule has 1 saturated carbocycles. The fourth-order valence-corrected chi connectivity index (χ4v) is 2.90. The van der Waals surface area contributed by atoms with Crippen molar-refractivity contribution in [3.63, 3.8) is 0 Å². The van der Waals surface area contributed by atoms with Crippen LogP contribution in [0.3, 0.4) is 0 Å². The van der Waals surface area contributed by atoms with Crippen LogP contribution in [0, 0.1) is 5.92 Å². The maximum Gasteiger partial charge on any atom is 0.337 e. The van der Waals surface area contributed by atoms with Crippen LogP contribution in [0.25, 0.3) is 0 Å². The first-order valence-corrected chi connectivity index (χ1v) is 7.44. The number of anilines is 1. The van der Waals surface area contributed by atoms with Gasteiger partial charge in [-0.05, 0) is 46.8 Å². The number of carbonyl (C=O) groups excluding carboxylic acids is 1. The Labute approximate surface area is 125 Å². The van der Waals surface area contributed by atoms with E-state index in [-0.39, 0.29) is 17.3 Å². The summed E-state index contributed by atoms with van der Waals surface area (Å²) in [5, 5.41) is 14.5. The molecular formula is C14H17BrN2O3. The normalized spacial score (nSPS) is 15.1. The maximum atomic E-state index is 11.9. The van der Waals surface area contributed by atoms with Crippen molar-refractivity contribution in [2.24, 2.45) is 5.92 Å². The Balaban J connectivity index is 1.98. The number of carboxylic acid groups (broad SMARTS) is 1. The average molecular weight is 341 g/mol. The van der Waals surface area contributed by atoms with Crippen molar-refractivity contribution in [1.82, 2.24) is 5.32 Å². The van der Waals surface area contributed by atoms with Crippen LogP contribution in [0.2, 0.25) is 0 Å². The molecule has 0 atom stereocenters. The minimum absolute atomic E-state index is 0.0652. The van der Waals surface area contributed by atoms with E-state index in [4.69, 9.17) is 5.11 Å². The van der Waals surface area contributed by atoms with E-state index in [0.717, 1.165) is 12.8 Å². The number of hydrogen-bond acceptors (Lipinski definition) is 2. The number of benzene rings is 1. The molecule has 3 N–H and O–H groups in total. The van der Waals surface area contributed by atoms with Gasteiger partial charge >= 0.3 is 12.0 Å². The van der Waals surface area contributed by atoms with Gasteiger partial charge in [-0.2, -0.15) is 0 Å². The second-order valence-electron chi connectivity index (χ2n) is 4.95. The topological polar surface area (TPSA) is 78.4 Å². The molecule has 0 spiro atoms. The summed E-state index contributed by atoms with van der Waals surface area (Å²) >= 11 is 3.26. The first kappa shape index (κ1) is 14.8. The van der Waals surface area contributed by atoms with Crippen LogP contribution in [0.4, 0.5) is 10.5 Å². The van der Waals surface area contributed by atoms with Crippen molar-refractivity contribution >= 4 is 33.6 Å². The Hall–Kier alpha value is -1.56. The standard InChI is InChI=1S/C14H17BrN2O3/c15-11-7-3-6-10(13(18)19)12(11)17-14(20)16-8-9-4-1-2-5-9/h3,6-7,9H,1-2,4-5,8H2,(H,18,19)(H2,16,17,20). The van der Waals surface area contributed by atoms with Crippen molar-refractivity contribution in [3.8, 4) is 0 Å². The quantitative estimate of drug-likeness (QED) is 0.785. The average Bonchev–Trinajstić information content (AvgIpc) is 2.91. The molecule has 6 heteroatoms. The number of halogens is 1. The highest BCUT2D eigenvalue weighted by molar-refractivity contribution is 9.10. The van der Waals surface area contributed by atoms with Gasteiger partial charge in [-0.1, -0.05) is 18.9 Å². The largest absolute Gasteiger partial charge is 0.478 e. The zero-order chi connectivity index (χ0) is 14.5. The van der Waals surface area contributed by atoms with Gasteiger partial charge in [0, 0.05) is 11.0 Å². The molecule has 0 aliphatic heterocycles. The summed E-state index contributed by atoms with van der Waals surface area (Å²) in [6.07, 6.45) is 4.74. The molecule has 5 nitrogen and oxygen atoms in total. The lowest BCUT2D eigenvalue weighted by Gasteiger charge is -2.14. The van der Waals surface area contributed by atoms with Gasteiger partial charge in [-0.25, -0.2) is 9.59 Å². The monoisotopic (exact) mass is 340 g/mol. The Morgan fingerprint density at radius 3 is 2.65 bits per heavy atom. The summed E-state index contributed by atoms with van der Waals surface area (Å²) in [4.78, 5) is 23.0. The number of rotatable bonds is 4. The molecule has 20 heavy (non-hydrogen) atoms. The van der Waals surface area contributed by atoms with Gasteiger partial charge in [-0.15, -0.1) is 0 Å². The predicted octanol–water partition coefficient (Wildman–Crippen LogP) is 3.46. The van der Waals surface area contributed by atoms with Gasteiger partial charge in [0.05, 0.1) is 11.3 Å². The summed E-state index contributed by atoms with van der Waals surface area (Å²) in [5.41, 5.74) is 0.347. The second kappa shape index (κ2) is 6.74. The van der Waals surface area contributed by atoms with Crippen molar-refractivity contribution in [1.29, 1.82) is 0 Å². The Bertz CT molecular complexity index is 513. The molecule has 0 radical (unpaired) electrons. The molecule has 1 fully saturated rings. The van der Waals surface area contributed by atoms with Gasteiger partial charge in [-0.3, -0.25) is 0 Å². The van der Waals surface area contributed by atoms with Crippen LogP contribution >= 0.6 is 15.9 Å². The van der Waals surface area contributed by atoms with E-state index in [1.165, 1.54) is 18.9 Å². The third-order valence-corrected chi connectivity index (χ3v) is 4.17. The molecule has 108 valence electrons. The molecule has 1 aliphatic carbocycles. The minimum atomic E-state index is -1.07. The molecule has 2 rings (SSSR count). The van der Waals surface area contributed by atoms with E-state index in [9.17, 15) is 9.59 Å². The molecule has 1 aliphatic rings. The van der Waals surface area contributed by atoms with Gasteiger partial charge in [0.15, 0.2) is 0 Å². The molecule has 2 amide bonds. The highest BCUT2D eigenvalue weighted by atomic mass is 79.9. The van der Waals surface area contributed by atoms with Gasteiger partial charge < -0.3 is 15.7 Å². The predicted molar refractivity (Wildman–Crippen MR) is 80.1 cm³/mol. The summed E-state index contributed by atoms with van der Waals surface area (Å²) in [6, 6.07) is 4.40. The van der Waals surface area contributed by atoms with Crippen LogP contribution in [0.15, 0.2) is 22.7 Å². The number of hydrogen-bond donors (Lipinski definition) is 3. The minimum Gasteiger partial charge on any atom is -0.478 e. The molecule has 0 bridgehead atoms. The van der Waals surface area contributed by atoms with E-state index in [1.807, 2.05) is 0 Å². The van der Waals surface area contributed by atoms with Gasteiger partial charge in [0.2, 0.25) is 0 Å². The Morgan fingerprint density at radius 2 is 2.00 bits per heavy atom. The summed E-state index contributed by atoms with van der Waals surface area (Å²) in [5.74, 6) is -0.531. The van der Waals surface area contributed by atoms with Gasteiger partial charge in [0.1, 0.15) is 0 Å². The first-order chi connectivity index (χ1) is 9.58. The SMILES string of the molecule is O=C(NCC1CCCC1)Nc1c(Br)cccc1C(=O)O. The lowest BCUT2D eigenvalue weighted by Crippen LogP contribution is -2.33. The number of amides is 2. The van der Waals surface area contributed by atoms with E-state index < -0.39 is 5.97 Å². The maximum absolute atomic E-state index is 11.9. The molecule has 1 aromatic carbocycles. The molecule has 0 saturated heterocycles. The van der Waals surface area contributed by atoms with Gasteiger partial charge in [0.25, 0.3) is 0 Å². The zero-order valence-electron chi connectivity index (χ0n) is 11.0. The number of para-hydroxylation sites is 1. The zero-order valence-corrected chi connectivity index (χ0v) is 12.6. The lowest BCUT2D eigenvalue weighted by molar-refractivity contribution is 0.0698. The Morgan fingerprint density at radius 1 is 1.30 bits per heavy atom. The van der Waals surface area contributed by atoms with E-state index in [0.29, 0.717) is 16.9 Å². The molecule has 1 aromatic rings. The number of urea groups is 1. The fraction of sp³-hybridized carbons (Fsp3) is 0.429. The number of carboxylic acids is 1. The van der Waals surface area contributed by atoms with Crippen molar-refractivity contribution < 1.29 is 14.7 Å². The van der Waals surface area contributed by atoms with Crippen LogP contribution < -0.4 is 10.6 Å². The van der Waals surface area contributed by atoms with E-state index in [1.54, 1.807) is 12.1 Å². The number of aromatic carboxylic acids is 1. The van der Waals surface area contributed by atoms with Crippen LogP contribution in [-0.2, 0) is 0 Å². The van der Waals surface area contributed by atoms with E-state index in [2.05, 4.69) is 26.6 Å². The van der Waals surface area contributed by atoms with Crippen molar-refractivity contribution in [3.05, 3.63) is 28.2 Å². The van der Waals surface area contributed by atoms with Crippen LogP contribution in [-0.4, -0.2) is 23.7 Å². The van der Waals surface area contributed by atoms with Crippen molar-refractivity contribution in [2.45, 2.75) is 25.7 Å². The third kappa shape index (κ3) is 3.72. The highest BCUT2D eigenvalue weighted by Crippen LogP contribution is 2.27. The number of carbonyl (C=O) groups is 2. The third-order valence-electron chi connectivity index (χ3n) is 3.51. The van der Waals surface area contributed by atoms with E-state index >= 15 is 0 Å². The molecule has 0 aromatic heterocycles. The summed E-state index contributed by atoms with van der Waals surface area (Å²) in [6.45, 7) is 0.638. The second-order valence-corrected chi connectivity index (χ2v) is 5.81. The molecule has 0 heterocycles. The molecular weight excluding hydrogens is 324 g/mol. The van der Waals surface area contributed by atoms with Crippen LogP contribution in [0.1, 0.15) is 36.0 Å². The van der Waals surface area contributed by atoms with Crippen molar-refractivity contribution in [2.75, 3.05) is 11.9 Å². The highest BCUT2D eigenvalue weighted by Gasteiger charge is 2.18. The summed E-state index contributed by atoms with van der Waals surface area (Å²) < 4.78 is 0.549. The van der Waals surface area contributed by atoms with Crippen LogP contribution in [0.5, 0.6) is 0 Å². The lowest BCUT2D eigenvalue weighted by atomic mass is 10.1. The fourth-order valence-electron chi connectivity index (χ4n) is 2.44. The number of nitrogens with one attached hydrogen (secondary N) is 2. The first-order valence-electron chi connectivity index (χ1n) is 6.64. The Kier molecular flexibility index (Phi) is 5.00. The smallest absolute Gasteiger partial charge is 0.337 e.